The molecule has 1 saturated heterocycles. The first-order valence-electron chi connectivity index (χ1n) is 7.27. The maximum absolute atomic E-state index is 12.2. The highest BCUT2D eigenvalue weighted by atomic mass is 16.6. The van der Waals surface area contributed by atoms with E-state index in [1.807, 2.05) is 20.8 Å². The van der Waals surface area contributed by atoms with Crippen LogP contribution in [0.2, 0.25) is 0 Å². The van der Waals surface area contributed by atoms with Gasteiger partial charge >= 0.3 is 5.97 Å². The number of ether oxygens (including phenoxy) is 1. The van der Waals surface area contributed by atoms with Crippen LogP contribution in [-0.2, 0) is 14.3 Å². The summed E-state index contributed by atoms with van der Waals surface area (Å²) in [6.45, 7) is 10.4. The van der Waals surface area contributed by atoms with Crippen LogP contribution in [0, 0.1) is 5.92 Å². The molecule has 0 bridgehead atoms. The Bertz CT molecular complexity index is 333. The molecule has 0 radical (unpaired) electrons. The van der Waals surface area contributed by atoms with Gasteiger partial charge in [-0.05, 0) is 39.5 Å². The summed E-state index contributed by atoms with van der Waals surface area (Å²) in [5.74, 6) is 0.192. The molecule has 4 heteroatoms. The number of esters is 1. The standard InChI is InChI=1S/C15H27NO3/c1-6-11(2)10-13(17)16-9-7-8-12(16)14(18)19-15(3,4)5/h11-12H,6-10H2,1-5H3/t11?,12-/m0/s1. The van der Waals surface area contributed by atoms with Crippen LogP contribution in [0.3, 0.4) is 0 Å². The van der Waals surface area contributed by atoms with Gasteiger partial charge in [-0.25, -0.2) is 4.79 Å². The van der Waals surface area contributed by atoms with Crippen molar-refractivity contribution in [1.29, 1.82) is 0 Å². The third-order valence-electron chi connectivity index (χ3n) is 3.47. The van der Waals surface area contributed by atoms with E-state index in [0.717, 1.165) is 19.3 Å². The molecule has 0 aromatic carbocycles. The lowest BCUT2D eigenvalue weighted by Crippen LogP contribution is -2.43. The molecule has 0 N–H and O–H groups in total. The Hall–Kier alpha value is -1.06. The average Bonchev–Trinajstić information content (AvgIpc) is 2.75. The molecule has 0 aliphatic carbocycles. The molecular formula is C15H27NO3. The summed E-state index contributed by atoms with van der Waals surface area (Å²) in [6, 6.07) is -0.379. The van der Waals surface area contributed by atoms with Crippen LogP contribution >= 0.6 is 0 Å². The van der Waals surface area contributed by atoms with Gasteiger partial charge in [0, 0.05) is 13.0 Å². The Morgan fingerprint density at radius 3 is 2.53 bits per heavy atom. The highest BCUT2D eigenvalue weighted by molar-refractivity contribution is 5.85. The maximum atomic E-state index is 12.2. The molecule has 1 rings (SSSR count). The Morgan fingerprint density at radius 1 is 1.37 bits per heavy atom. The van der Waals surface area contributed by atoms with Crippen molar-refractivity contribution < 1.29 is 14.3 Å². The fourth-order valence-corrected chi connectivity index (χ4v) is 2.24. The second-order valence-electron chi connectivity index (χ2n) is 6.50. The fraction of sp³-hybridized carbons (Fsp3) is 0.867. The summed E-state index contributed by atoms with van der Waals surface area (Å²) in [5, 5.41) is 0. The van der Waals surface area contributed by atoms with E-state index in [4.69, 9.17) is 4.74 Å². The maximum Gasteiger partial charge on any atom is 0.329 e. The Labute approximate surface area is 116 Å². The SMILES string of the molecule is CCC(C)CC(=O)N1CCC[C@H]1C(=O)OC(C)(C)C. The molecule has 1 amide bonds. The van der Waals surface area contributed by atoms with Crippen molar-refractivity contribution in [3.8, 4) is 0 Å². The van der Waals surface area contributed by atoms with Crippen molar-refractivity contribution >= 4 is 11.9 Å². The minimum Gasteiger partial charge on any atom is -0.458 e. The summed E-state index contributed by atoms with van der Waals surface area (Å²) in [4.78, 5) is 26.0. The molecule has 0 aromatic heterocycles. The molecular weight excluding hydrogens is 242 g/mol. The normalized spacial score (nSPS) is 21.3. The van der Waals surface area contributed by atoms with Gasteiger partial charge in [-0.1, -0.05) is 20.3 Å². The van der Waals surface area contributed by atoms with Gasteiger partial charge in [0.25, 0.3) is 0 Å². The first kappa shape index (κ1) is 16.0. The predicted octanol–water partition coefficient (Wildman–Crippen LogP) is 2.76. The molecule has 0 aromatic rings. The van der Waals surface area contributed by atoms with E-state index < -0.39 is 5.60 Å². The monoisotopic (exact) mass is 269 g/mol. The third kappa shape index (κ3) is 4.84. The molecule has 1 fully saturated rings. The zero-order valence-corrected chi connectivity index (χ0v) is 12.9. The minimum atomic E-state index is -0.495. The van der Waals surface area contributed by atoms with Crippen LogP contribution in [0.25, 0.3) is 0 Å². The Morgan fingerprint density at radius 2 is 2.00 bits per heavy atom. The smallest absolute Gasteiger partial charge is 0.329 e. The summed E-state index contributed by atoms with van der Waals surface area (Å²) in [7, 11) is 0. The number of carbonyl (C=O) groups excluding carboxylic acids is 2. The highest BCUT2D eigenvalue weighted by Crippen LogP contribution is 2.23. The molecule has 1 heterocycles. The first-order chi connectivity index (χ1) is 8.74. The van der Waals surface area contributed by atoms with Crippen LogP contribution in [0.1, 0.15) is 60.3 Å². The fourth-order valence-electron chi connectivity index (χ4n) is 2.24. The van der Waals surface area contributed by atoms with Crippen LogP contribution in [0.15, 0.2) is 0 Å². The largest absolute Gasteiger partial charge is 0.458 e. The number of amides is 1. The summed E-state index contributed by atoms with van der Waals surface area (Å²) in [5.41, 5.74) is -0.495. The Balaban J connectivity index is 2.63. The van der Waals surface area contributed by atoms with E-state index in [1.54, 1.807) is 4.90 Å². The van der Waals surface area contributed by atoms with Gasteiger partial charge in [0.05, 0.1) is 0 Å². The van der Waals surface area contributed by atoms with E-state index in [9.17, 15) is 9.59 Å². The number of hydrogen-bond acceptors (Lipinski definition) is 3. The zero-order valence-electron chi connectivity index (χ0n) is 12.9. The topological polar surface area (TPSA) is 46.6 Å². The van der Waals surface area contributed by atoms with E-state index in [2.05, 4.69) is 13.8 Å². The summed E-state index contributed by atoms with van der Waals surface area (Å²) >= 11 is 0. The predicted molar refractivity (Wildman–Crippen MR) is 74.7 cm³/mol. The van der Waals surface area contributed by atoms with Crippen LogP contribution in [0.4, 0.5) is 0 Å². The van der Waals surface area contributed by atoms with E-state index in [1.165, 1.54) is 0 Å². The lowest BCUT2D eigenvalue weighted by Gasteiger charge is -2.28. The van der Waals surface area contributed by atoms with E-state index in [-0.39, 0.29) is 17.9 Å². The van der Waals surface area contributed by atoms with Crippen molar-refractivity contribution in [2.75, 3.05) is 6.54 Å². The number of nitrogens with zero attached hydrogens (tertiary/aromatic N) is 1. The lowest BCUT2D eigenvalue weighted by molar-refractivity contribution is -0.163. The van der Waals surface area contributed by atoms with Crippen molar-refractivity contribution in [2.24, 2.45) is 5.92 Å². The quantitative estimate of drug-likeness (QED) is 0.737. The van der Waals surface area contributed by atoms with Gasteiger partial charge < -0.3 is 9.64 Å². The third-order valence-corrected chi connectivity index (χ3v) is 3.47. The number of rotatable bonds is 4. The van der Waals surface area contributed by atoms with Gasteiger partial charge in [-0.3, -0.25) is 4.79 Å². The summed E-state index contributed by atoms with van der Waals surface area (Å²) < 4.78 is 5.40. The van der Waals surface area contributed by atoms with Crippen molar-refractivity contribution in [2.45, 2.75) is 71.9 Å². The highest BCUT2D eigenvalue weighted by Gasteiger charge is 2.36. The van der Waals surface area contributed by atoms with Crippen LogP contribution in [-0.4, -0.2) is 35.0 Å². The molecule has 2 atom stereocenters. The summed E-state index contributed by atoms with van der Waals surface area (Å²) in [6.07, 6.45) is 3.11. The number of likely N-dealkylation sites (tertiary alicyclic amines) is 1. The van der Waals surface area contributed by atoms with Crippen molar-refractivity contribution in [3.05, 3.63) is 0 Å². The van der Waals surface area contributed by atoms with E-state index >= 15 is 0 Å². The molecule has 0 spiro atoms. The first-order valence-corrected chi connectivity index (χ1v) is 7.27. The van der Waals surface area contributed by atoms with Crippen LogP contribution < -0.4 is 0 Å². The van der Waals surface area contributed by atoms with E-state index in [0.29, 0.717) is 18.9 Å². The Kier molecular flexibility index (Phi) is 5.39. The van der Waals surface area contributed by atoms with Gasteiger partial charge in [-0.15, -0.1) is 0 Å². The average molecular weight is 269 g/mol. The molecule has 1 unspecified atom stereocenters. The lowest BCUT2D eigenvalue weighted by atomic mass is 10.0. The van der Waals surface area contributed by atoms with Crippen molar-refractivity contribution in [3.63, 3.8) is 0 Å². The van der Waals surface area contributed by atoms with Gasteiger partial charge in [0.1, 0.15) is 11.6 Å². The van der Waals surface area contributed by atoms with Gasteiger partial charge in [0.2, 0.25) is 5.91 Å². The van der Waals surface area contributed by atoms with Crippen LogP contribution in [0.5, 0.6) is 0 Å². The molecule has 0 saturated carbocycles. The van der Waals surface area contributed by atoms with Gasteiger partial charge in [-0.2, -0.15) is 0 Å². The zero-order chi connectivity index (χ0) is 14.6. The molecule has 19 heavy (non-hydrogen) atoms. The molecule has 1 aliphatic heterocycles. The molecule has 1 aliphatic rings. The second-order valence-corrected chi connectivity index (χ2v) is 6.50. The number of hydrogen-bond donors (Lipinski definition) is 0. The van der Waals surface area contributed by atoms with Crippen molar-refractivity contribution in [1.82, 2.24) is 4.90 Å². The second kappa shape index (κ2) is 6.40. The molecule has 4 nitrogen and oxygen atoms in total. The molecule has 110 valence electrons. The number of carbonyl (C=O) groups is 2. The van der Waals surface area contributed by atoms with Gasteiger partial charge in [0.15, 0.2) is 0 Å². The minimum absolute atomic E-state index is 0.0858.